The van der Waals surface area contributed by atoms with Gasteiger partial charge in [-0.3, -0.25) is 4.68 Å². The molecular weight excluding hydrogens is 292 g/mol. The number of nitrogens with zero attached hydrogens (tertiary/aromatic N) is 3. The van der Waals surface area contributed by atoms with Crippen molar-refractivity contribution in [3.8, 4) is 0 Å². The normalized spacial score (nSPS) is 18.0. The minimum absolute atomic E-state index is 0.0978. The van der Waals surface area contributed by atoms with Gasteiger partial charge in [-0.15, -0.1) is 0 Å². The molecule has 23 heavy (non-hydrogen) atoms. The summed E-state index contributed by atoms with van der Waals surface area (Å²) < 4.78 is 1.84. The monoisotopic (exact) mass is 314 g/mol. The van der Waals surface area contributed by atoms with Crippen molar-refractivity contribution < 1.29 is 9.90 Å². The van der Waals surface area contributed by atoms with Crippen molar-refractivity contribution in [3.05, 3.63) is 48.3 Å². The number of hydrogen-bond acceptors (Lipinski definition) is 3. The van der Waals surface area contributed by atoms with E-state index in [4.69, 9.17) is 0 Å². The third-order valence-corrected chi connectivity index (χ3v) is 4.15. The summed E-state index contributed by atoms with van der Waals surface area (Å²) >= 11 is 0. The average molecular weight is 314 g/mol. The van der Waals surface area contributed by atoms with Crippen LogP contribution in [0, 0.1) is 5.92 Å². The Labute approximate surface area is 135 Å². The van der Waals surface area contributed by atoms with Gasteiger partial charge in [-0.05, 0) is 42.5 Å². The summed E-state index contributed by atoms with van der Waals surface area (Å²) in [5, 5.41) is 16.4. The molecule has 2 N–H and O–H groups in total. The van der Waals surface area contributed by atoms with Crippen molar-refractivity contribution in [1.29, 1.82) is 0 Å². The summed E-state index contributed by atoms with van der Waals surface area (Å²) in [5.41, 5.74) is 1.86. The number of aromatic nitrogens is 2. The summed E-state index contributed by atoms with van der Waals surface area (Å²) in [5.74, 6) is 0.195. The van der Waals surface area contributed by atoms with Crippen molar-refractivity contribution >= 4 is 11.7 Å². The Morgan fingerprint density at radius 3 is 3.09 bits per heavy atom. The second-order valence-corrected chi connectivity index (χ2v) is 5.97. The number of rotatable bonds is 4. The molecule has 6 heteroatoms. The van der Waals surface area contributed by atoms with E-state index in [-0.39, 0.29) is 18.6 Å². The van der Waals surface area contributed by atoms with Crippen molar-refractivity contribution in [2.24, 2.45) is 5.92 Å². The second kappa shape index (κ2) is 7.28. The van der Waals surface area contributed by atoms with E-state index in [0.717, 1.165) is 30.6 Å². The minimum atomic E-state index is -0.0978. The molecule has 1 fully saturated rings. The van der Waals surface area contributed by atoms with Crippen LogP contribution in [0.3, 0.4) is 0 Å². The Bertz CT molecular complexity index is 642. The number of hydrogen-bond donors (Lipinski definition) is 2. The molecule has 1 aromatic carbocycles. The zero-order valence-corrected chi connectivity index (χ0v) is 13.1. The van der Waals surface area contributed by atoms with E-state index < -0.39 is 0 Å². The molecule has 0 bridgehead atoms. The Hall–Kier alpha value is -2.34. The third kappa shape index (κ3) is 4.10. The molecule has 1 atom stereocenters. The van der Waals surface area contributed by atoms with Gasteiger partial charge in [0, 0.05) is 37.8 Å². The summed E-state index contributed by atoms with van der Waals surface area (Å²) in [4.78, 5) is 14.2. The van der Waals surface area contributed by atoms with E-state index in [1.54, 1.807) is 11.1 Å². The molecule has 1 aliphatic rings. The van der Waals surface area contributed by atoms with Gasteiger partial charge in [0.15, 0.2) is 0 Å². The lowest BCUT2D eigenvalue weighted by molar-refractivity contribution is 0.136. The highest BCUT2D eigenvalue weighted by molar-refractivity contribution is 5.89. The number of amides is 2. The third-order valence-electron chi connectivity index (χ3n) is 4.15. The van der Waals surface area contributed by atoms with Crippen LogP contribution in [-0.4, -0.2) is 45.5 Å². The molecule has 1 saturated heterocycles. The van der Waals surface area contributed by atoms with Crippen LogP contribution in [0.4, 0.5) is 10.5 Å². The van der Waals surface area contributed by atoms with Crippen molar-refractivity contribution in [1.82, 2.24) is 14.7 Å². The first-order valence-electron chi connectivity index (χ1n) is 7.98. The Morgan fingerprint density at radius 2 is 2.30 bits per heavy atom. The van der Waals surface area contributed by atoms with Crippen LogP contribution in [0.25, 0.3) is 0 Å². The van der Waals surface area contributed by atoms with Gasteiger partial charge in [-0.2, -0.15) is 5.10 Å². The van der Waals surface area contributed by atoms with Crippen molar-refractivity contribution in [3.63, 3.8) is 0 Å². The van der Waals surface area contributed by atoms with Crippen molar-refractivity contribution in [2.45, 2.75) is 19.4 Å². The van der Waals surface area contributed by atoms with Gasteiger partial charge in [0.05, 0.1) is 6.54 Å². The maximum absolute atomic E-state index is 12.4. The van der Waals surface area contributed by atoms with E-state index in [1.807, 2.05) is 41.2 Å². The first-order valence-corrected chi connectivity index (χ1v) is 7.98. The van der Waals surface area contributed by atoms with E-state index >= 15 is 0 Å². The lowest BCUT2D eigenvalue weighted by atomic mass is 9.99. The Morgan fingerprint density at radius 1 is 1.39 bits per heavy atom. The van der Waals surface area contributed by atoms with Crippen LogP contribution < -0.4 is 5.32 Å². The van der Waals surface area contributed by atoms with Gasteiger partial charge in [0.1, 0.15) is 0 Å². The SMILES string of the molecule is O=C(Nc1cccc(Cn2cccn2)c1)N1CCCC(CO)C1. The molecule has 1 aromatic heterocycles. The molecule has 0 radical (unpaired) electrons. The summed E-state index contributed by atoms with van der Waals surface area (Å²) in [6.07, 6.45) is 5.59. The fourth-order valence-corrected chi connectivity index (χ4v) is 2.93. The van der Waals surface area contributed by atoms with Gasteiger partial charge < -0.3 is 15.3 Å². The number of piperidine rings is 1. The fraction of sp³-hybridized carbons (Fsp3) is 0.412. The van der Waals surface area contributed by atoms with Gasteiger partial charge >= 0.3 is 6.03 Å². The number of aliphatic hydroxyl groups excluding tert-OH is 1. The standard InChI is InChI=1S/C17H22N4O2/c22-13-15-5-2-8-20(11-15)17(23)19-16-6-1-4-14(10-16)12-21-9-3-7-18-21/h1,3-4,6-7,9-10,15,22H,2,5,8,11-13H2,(H,19,23). The maximum Gasteiger partial charge on any atom is 0.321 e. The van der Waals surface area contributed by atoms with Crippen LogP contribution in [0.15, 0.2) is 42.7 Å². The van der Waals surface area contributed by atoms with Crippen LogP contribution in [0.1, 0.15) is 18.4 Å². The van der Waals surface area contributed by atoms with E-state index in [0.29, 0.717) is 13.1 Å². The highest BCUT2D eigenvalue weighted by Crippen LogP contribution is 2.18. The van der Waals surface area contributed by atoms with Gasteiger partial charge in [0.25, 0.3) is 0 Å². The number of nitrogens with one attached hydrogen (secondary N) is 1. The molecule has 0 saturated carbocycles. The van der Waals surface area contributed by atoms with Gasteiger partial charge in [-0.1, -0.05) is 12.1 Å². The molecular formula is C17H22N4O2. The first kappa shape index (κ1) is 15.6. The average Bonchev–Trinajstić information content (AvgIpc) is 3.08. The maximum atomic E-state index is 12.4. The fourth-order valence-electron chi connectivity index (χ4n) is 2.93. The summed E-state index contributed by atoms with van der Waals surface area (Å²) in [7, 11) is 0. The summed E-state index contributed by atoms with van der Waals surface area (Å²) in [6.45, 7) is 2.18. The quantitative estimate of drug-likeness (QED) is 0.908. The van der Waals surface area contributed by atoms with Gasteiger partial charge in [0.2, 0.25) is 0 Å². The molecule has 6 nitrogen and oxygen atoms in total. The molecule has 122 valence electrons. The Balaban J connectivity index is 1.62. The van der Waals surface area contributed by atoms with E-state index in [2.05, 4.69) is 10.4 Å². The molecule has 2 aromatic rings. The number of anilines is 1. The summed E-state index contributed by atoms with van der Waals surface area (Å²) in [6, 6.07) is 9.59. The van der Waals surface area contributed by atoms with E-state index in [9.17, 15) is 9.90 Å². The predicted molar refractivity (Wildman–Crippen MR) is 88.2 cm³/mol. The van der Waals surface area contributed by atoms with Crippen LogP contribution in [0.5, 0.6) is 0 Å². The molecule has 0 spiro atoms. The van der Waals surface area contributed by atoms with Crippen molar-refractivity contribution in [2.75, 3.05) is 25.0 Å². The highest BCUT2D eigenvalue weighted by atomic mass is 16.3. The van der Waals surface area contributed by atoms with Gasteiger partial charge in [-0.25, -0.2) is 4.79 Å². The highest BCUT2D eigenvalue weighted by Gasteiger charge is 2.23. The molecule has 1 unspecified atom stereocenters. The lowest BCUT2D eigenvalue weighted by Crippen LogP contribution is -2.43. The molecule has 3 rings (SSSR count). The van der Waals surface area contributed by atoms with Crippen LogP contribution >= 0.6 is 0 Å². The molecule has 2 amide bonds. The number of urea groups is 1. The van der Waals surface area contributed by atoms with Crippen LogP contribution in [0.2, 0.25) is 0 Å². The zero-order valence-electron chi connectivity index (χ0n) is 13.1. The largest absolute Gasteiger partial charge is 0.396 e. The zero-order chi connectivity index (χ0) is 16.1. The molecule has 2 heterocycles. The number of likely N-dealkylation sites (tertiary alicyclic amines) is 1. The smallest absolute Gasteiger partial charge is 0.321 e. The topological polar surface area (TPSA) is 70.4 Å². The first-order chi connectivity index (χ1) is 11.2. The molecule has 0 aliphatic carbocycles. The number of carbonyl (C=O) groups is 1. The molecule has 1 aliphatic heterocycles. The predicted octanol–water partition coefficient (Wildman–Crippen LogP) is 2.17. The number of carbonyl (C=O) groups excluding carboxylic acids is 1. The Kier molecular flexibility index (Phi) is 4.92. The van der Waals surface area contributed by atoms with Crippen LogP contribution in [-0.2, 0) is 6.54 Å². The number of aliphatic hydroxyl groups is 1. The lowest BCUT2D eigenvalue weighted by Gasteiger charge is -2.31. The second-order valence-electron chi connectivity index (χ2n) is 5.97. The number of benzene rings is 1. The van der Waals surface area contributed by atoms with E-state index in [1.165, 1.54) is 0 Å². The minimum Gasteiger partial charge on any atom is -0.396 e.